The van der Waals surface area contributed by atoms with Crippen LogP contribution in [0.4, 0.5) is 0 Å². The Morgan fingerprint density at radius 1 is 1.27 bits per heavy atom. The normalized spacial score (nSPS) is 11.1. The van der Waals surface area contributed by atoms with Crippen LogP contribution in [0.25, 0.3) is 10.9 Å². The van der Waals surface area contributed by atoms with Crippen LogP contribution in [-0.4, -0.2) is 11.5 Å². The molecule has 3 heteroatoms. The van der Waals surface area contributed by atoms with E-state index in [1.807, 2.05) is 12.3 Å². The summed E-state index contributed by atoms with van der Waals surface area (Å²) in [7, 11) is 0. The third kappa shape index (κ3) is 2.33. The van der Waals surface area contributed by atoms with Crippen LogP contribution in [0.15, 0.2) is 24.4 Å². The van der Waals surface area contributed by atoms with Crippen LogP contribution in [0.1, 0.15) is 18.4 Å². The molecule has 1 aromatic carbocycles. The van der Waals surface area contributed by atoms with Gasteiger partial charge in [-0.3, -0.25) is 0 Å². The molecule has 1 heterocycles. The van der Waals surface area contributed by atoms with Crippen molar-refractivity contribution in [1.29, 1.82) is 0 Å². The number of hydrogen-bond acceptors (Lipinski definition) is 1. The van der Waals surface area contributed by atoms with Crippen molar-refractivity contribution >= 4 is 22.5 Å². The van der Waals surface area contributed by atoms with Crippen LogP contribution in [0.3, 0.4) is 0 Å². The summed E-state index contributed by atoms with van der Waals surface area (Å²) in [4.78, 5) is 3.15. The minimum atomic E-state index is 0.754. The van der Waals surface area contributed by atoms with Gasteiger partial charge >= 0.3 is 0 Å². The van der Waals surface area contributed by atoms with E-state index in [1.54, 1.807) is 0 Å². The number of rotatable bonds is 4. The first-order valence-corrected chi connectivity index (χ1v) is 5.64. The molecular weight excluding hydrogens is 208 g/mol. The quantitative estimate of drug-likeness (QED) is 0.767. The molecule has 0 unspecified atom stereocenters. The van der Waals surface area contributed by atoms with E-state index in [0.717, 1.165) is 36.3 Å². The molecule has 0 fully saturated rings. The number of benzene rings is 1. The molecule has 3 N–H and O–H groups in total. The molecule has 0 aliphatic carbocycles. The highest BCUT2D eigenvalue weighted by atomic mass is 35.5. The van der Waals surface area contributed by atoms with Crippen LogP contribution in [-0.2, 0) is 6.42 Å². The number of hydrogen-bond donors (Lipinski definition) is 2. The van der Waals surface area contributed by atoms with E-state index in [0.29, 0.717) is 0 Å². The lowest BCUT2D eigenvalue weighted by atomic mass is 10.1. The van der Waals surface area contributed by atoms with Crippen LogP contribution in [0.5, 0.6) is 0 Å². The average molecular weight is 223 g/mol. The van der Waals surface area contributed by atoms with Gasteiger partial charge in [-0.15, -0.1) is 0 Å². The van der Waals surface area contributed by atoms with E-state index in [2.05, 4.69) is 17.1 Å². The van der Waals surface area contributed by atoms with Gasteiger partial charge in [-0.05, 0) is 55.0 Å². The van der Waals surface area contributed by atoms with Gasteiger partial charge in [-0.2, -0.15) is 0 Å². The maximum Gasteiger partial charge on any atom is 0.0469 e. The van der Waals surface area contributed by atoms with Crippen LogP contribution in [0, 0.1) is 0 Å². The van der Waals surface area contributed by atoms with E-state index in [-0.39, 0.29) is 0 Å². The van der Waals surface area contributed by atoms with Gasteiger partial charge in [0.05, 0.1) is 0 Å². The minimum absolute atomic E-state index is 0.754. The van der Waals surface area contributed by atoms with Crippen molar-refractivity contribution in [1.82, 2.24) is 4.98 Å². The number of nitrogens with two attached hydrogens (primary N) is 1. The number of fused-ring (bicyclic) bond motifs is 1. The molecule has 2 aromatic rings. The van der Waals surface area contributed by atoms with Gasteiger partial charge in [0, 0.05) is 16.7 Å². The molecule has 0 radical (unpaired) electrons. The molecular formula is C12H15ClN2. The zero-order valence-corrected chi connectivity index (χ0v) is 9.35. The number of unbranched alkanes of at least 4 members (excludes halogenated alkanes) is 1. The maximum absolute atomic E-state index is 6.19. The van der Waals surface area contributed by atoms with Crippen LogP contribution in [0.2, 0.25) is 5.02 Å². The minimum Gasteiger partial charge on any atom is -0.361 e. The SMILES string of the molecule is NCCCCc1cc2cc[nH]c2cc1Cl. The monoisotopic (exact) mass is 222 g/mol. The molecule has 80 valence electrons. The fourth-order valence-electron chi connectivity index (χ4n) is 1.77. The molecule has 0 amide bonds. The second kappa shape index (κ2) is 4.69. The first-order chi connectivity index (χ1) is 7.31. The fraction of sp³-hybridized carbons (Fsp3) is 0.333. The molecule has 0 saturated carbocycles. The predicted octanol–water partition coefficient (Wildman–Crippen LogP) is 3.10. The second-order valence-electron chi connectivity index (χ2n) is 3.75. The Labute approximate surface area is 94.4 Å². The molecule has 0 saturated heterocycles. The van der Waals surface area contributed by atoms with Gasteiger partial charge in [0.2, 0.25) is 0 Å². The Kier molecular flexibility index (Phi) is 3.29. The Balaban J connectivity index is 2.22. The van der Waals surface area contributed by atoms with E-state index in [1.165, 1.54) is 10.9 Å². The lowest BCUT2D eigenvalue weighted by Gasteiger charge is -2.04. The second-order valence-corrected chi connectivity index (χ2v) is 4.16. The molecule has 15 heavy (non-hydrogen) atoms. The molecule has 0 aliphatic rings. The Bertz CT molecular complexity index is 448. The number of aromatic amines is 1. The van der Waals surface area contributed by atoms with E-state index in [9.17, 15) is 0 Å². The highest BCUT2D eigenvalue weighted by Gasteiger charge is 2.03. The molecule has 2 rings (SSSR count). The summed E-state index contributed by atoms with van der Waals surface area (Å²) >= 11 is 6.19. The predicted molar refractivity (Wildman–Crippen MR) is 65.3 cm³/mol. The number of aryl methyl sites for hydroxylation is 1. The molecule has 0 aliphatic heterocycles. The van der Waals surface area contributed by atoms with E-state index >= 15 is 0 Å². The number of halogens is 1. The lowest BCUT2D eigenvalue weighted by molar-refractivity contribution is 0.745. The summed E-state index contributed by atoms with van der Waals surface area (Å²) in [5.74, 6) is 0. The van der Waals surface area contributed by atoms with Crippen molar-refractivity contribution in [3.05, 3.63) is 35.0 Å². The zero-order valence-electron chi connectivity index (χ0n) is 8.59. The third-order valence-corrected chi connectivity index (χ3v) is 2.97. The van der Waals surface area contributed by atoms with E-state index in [4.69, 9.17) is 17.3 Å². The fourth-order valence-corrected chi connectivity index (χ4v) is 2.03. The molecule has 2 nitrogen and oxygen atoms in total. The summed E-state index contributed by atoms with van der Waals surface area (Å²) in [6.07, 6.45) is 5.11. The van der Waals surface area contributed by atoms with Gasteiger partial charge in [-0.1, -0.05) is 11.6 Å². The summed E-state index contributed by atoms with van der Waals surface area (Å²) < 4.78 is 0. The Morgan fingerprint density at radius 3 is 2.93 bits per heavy atom. The van der Waals surface area contributed by atoms with Gasteiger partial charge < -0.3 is 10.7 Å². The molecule has 0 bridgehead atoms. The van der Waals surface area contributed by atoms with Crippen LogP contribution < -0.4 is 5.73 Å². The van der Waals surface area contributed by atoms with E-state index < -0.39 is 0 Å². The lowest BCUT2D eigenvalue weighted by Crippen LogP contribution is -1.99. The van der Waals surface area contributed by atoms with Gasteiger partial charge in [0.1, 0.15) is 0 Å². The number of nitrogens with one attached hydrogen (secondary N) is 1. The number of H-pyrrole nitrogens is 1. The smallest absolute Gasteiger partial charge is 0.0469 e. The highest BCUT2D eigenvalue weighted by Crippen LogP contribution is 2.24. The standard InChI is InChI=1S/C12H15ClN2/c13-11-8-12-10(4-6-15-12)7-9(11)3-1-2-5-14/h4,6-8,15H,1-3,5,14H2. The Morgan fingerprint density at radius 2 is 2.13 bits per heavy atom. The molecule has 1 aromatic heterocycles. The zero-order chi connectivity index (χ0) is 10.7. The average Bonchev–Trinajstić information content (AvgIpc) is 2.65. The van der Waals surface area contributed by atoms with Crippen molar-refractivity contribution in [3.63, 3.8) is 0 Å². The summed E-state index contributed by atoms with van der Waals surface area (Å²) in [6, 6.07) is 6.22. The number of aromatic nitrogens is 1. The first kappa shape index (κ1) is 10.5. The van der Waals surface area contributed by atoms with Crippen LogP contribution >= 0.6 is 11.6 Å². The highest BCUT2D eigenvalue weighted by molar-refractivity contribution is 6.32. The molecule has 0 spiro atoms. The maximum atomic E-state index is 6.19. The van der Waals surface area contributed by atoms with Crippen molar-refractivity contribution in [2.75, 3.05) is 6.54 Å². The van der Waals surface area contributed by atoms with Gasteiger partial charge in [-0.25, -0.2) is 0 Å². The summed E-state index contributed by atoms with van der Waals surface area (Å²) in [6.45, 7) is 0.754. The van der Waals surface area contributed by atoms with Crippen molar-refractivity contribution in [3.8, 4) is 0 Å². The third-order valence-electron chi connectivity index (χ3n) is 2.62. The van der Waals surface area contributed by atoms with Crippen molar-refractivity contribution < 1.29 is 0 Å². The van der Waals surface area contributed by atoms with Gasteiger partial charge in [0.25, 0.3) is 0 Å². The Hall–Kier alpha value is -0.990. The van der Waals surface area contributed by atoms with Crippen molar-refractivity contribution in [2.45, 2.75) is 19.3 Å². The van der Waals surface area contributed by atoms with Gasteiger partial charge in [0.15, 0.2) is 0 Å². The summed E-state index contributed by atoms with van der Waals surface area (Å²) in [5, 5.41) is 2.07. The topological polar surface area (TPSA) is 41.8 Å². The first-order valence-electron chi connectivity index (χ1n) is 5.27. The molecule has 0 atom stereocenters. The van der Waals surface area contributed by atoms with Crippen molar-refractivity contribution in [2.24, 2.45) is 5.73 Å². The largest absolute Gasteiger partial charge is 0.361 e. The summed E-state index contributed by atoms with van der Waals surface area (Å²) in [5.41, 5.74) is 7.79.